The zero-order valence-electron chi connectivity index (χ0n) is 12.0. The Morgan fingerprint density at radius 1 is 1.25 bits per heavy atom. The van der Waals surface area contributed by atoms with E-state index in [1.54, 1.807) is 0 Å². The molecule has 20 heavy (non-hydrogen) atoms. The number of nitrogens with one attached hydrogen (secondary N) is 1. The van der Waals surface area contributed by atoms with E-state index in [9.17, 15) is 4.39 Å². The number of amidine groups is 1. The molecular formula is C16H22FN3. The zero-order valence-corrected chi connectivity index (χ0v) is 12.0. The second-order valence-electron chi connectivity index (χ2n) is 5.99. The van der Waals surface area contributed by atoms with Crippen molar-refractivity contribution in [1.29, 1.82) is 5.41 Å². The fourth-order valence-corrected chi connectivity index (χ4v) is 3.31. The standard InChI is InChI=1S/C16H22FN3/c1-12(10-19-7-3-2-4-8-19)20-11-13-5-6-14(17)9-15(13)16(20)18/h5-6,9,12,18H,2-4,7-8,10-11H2,1H3. The van der Waals surface area contributed by atoms with Crippen LogP contribution in [-0.4, -0.2) is 41.3 Å². The van der Waals surface area contributed by atoms with E-state index in [4.69, 9.17) is 5.41 Å². The fraction of sp³-hybridized carbons (Fsp3) is 0.562. The molecule has 0 saturated carbocycles. The van der Waals surface area contributed by atoms with E-state index in [-0.39, 0.29) is 5.82 Å². The molecule has 0 amide bonds. The lowest BCUT2D eigenvalue weighted by molar-refractivity contribution is 0.176. The van der Waals surface area contributed by atoms with Gasteiger partial charge in [0.05, 0.1) is 0 Å². The summed E-state index contributed by atoms with van der Waals surface area (Å²) >= 11 is 0. The van der Waals surface area contributed by atoms with Gasteiger partial charge in [0.15, 0.2) is 0 Å². The third kappa shape index (κ3) is 2.57. The smallest absolute Gasteiger partial charge is 0.129 e. The molecule has 2 heterocycles. The summed E-state index contributed by atoms with van der Waals surface area (Å²) in [5.74, 6) is 0.225. The van der Waals surface area contributed by atoms with E-state index in [0.717, 1.165) is 24.2 Å². The molecule has 1 fully saturated rings. The highest BCUT2D eigenvalue weighted by Gasteiger charge is 2.29. The lowest BCUT2D eigenvalue weighted by Gasteiger charge is -2.33. The maximum absolute atomic E-state index is 13.3. The third-order valence-corrected chi connectivity index (χ3v) is 4.46. The number of hydrogen-bond acceptors (Lipinski definition) is 2. The molecule has 4 heteroatoms. The summed E-state index contributed by atoms with van der Waals surface area (Å²) in [6.45, 7) is 6.26. The highest BCUT2D eigenvalue weighted by Crippen LogP contribution is 2.25. The van der Waals surface area contributed by atoms with Gasteiger partial charge < -0.3 is 9.80 Å². The van der Waals surface area contributed by atoms with E-state index < -0.39 is 0 Å². The Balaban J connectivity index is 1.68. The van der Waals surface area contributed by atoms with Crippen LogP contribution in [0.25, 0.3) is 0 Å². The van der Waals surface area contributed by atoms with Crippen LogP contribution in [0.5, 0.6) is 0 Å². The summed E-state index contributed by atoms with van der Waals surface area (Å²) in [6, 6.07) is 5.10. The lowest BCUT2D eigenvalue weighted by atomic mass is 10.1. The first-order chi connectivity index (χ1) is 9.65. The number of rotatable bonds is 3. The average molecular weight is 275 g/mol. The summed E-state index contributed by atoms with van der Waals surface area (Å²) < 4.78 is 13.3. The van der Waals surface area contributed by atoms with Gasteiger partial charge in [-0.05, 0) is 50.6 Å². The second kappa shape index (κ2) is 5.52. The molecule has 3 nitrogen and oxygen atoms in total. The van der Waals surface area contributed by atoms with Crippen LogP contribution in [0.1, 0.15) is 37.3 Å². The number of fused-ring (bicyclic) bond motifs is 1. The van der Waals surface area contributed by atoms with Crippen LogP contribution >= 0.6 is 0 Å². The van der Waals surface area contributed by atoms with Gasteiger partial charge in [-0.3, -0.25) is 5.41 Å². The highest BCUT2D eigenvalue weighted by molar-refractivity contribution is 6.00. The van der Waals surface area contributed by atoms with Gasteiger partial charge in [0.1, 0.15) is 11.7 Å². The fourth-order valence-electron chi connectivity index (χ4n) is 3.31. The van der Waals surface area contributed by atoms with Crippen LogP contribution in [0.3, 0.4) is 0 Å². The molecule has 1 saturated heterocycles. The first-order valence-corrected chi connectivity index (χ1v) is 7.51. The molecule has 2 aliphatic rings. The second-order valence-corrected chi connectivity index (χ2v) is 5.99. The molecule has 1 aromatic carbocycles. The van der Waals surface area contributed by atoms with E-state index >= 15 is 0 Å². The Morgan fingerprint density at radius 2 is 2.00 bits per heavy atom. The largest absolute Gasteiger partial charge is 0.348 e. The van der Waals surface area contributed by atoms with Gasteiger partial charge in [0, 0.05) is 24.7 Å². The van der Waals surface area contributed by atoms with Gasteiger partial charge in [-0.15, -0.1) is 0 Å². The SMILES string of the molecule is CC(CN1CCCCC1)N1Cc2ccc(F)cc2C1=N. The van der Waals surface area contributed by atoms with Gasteiger partial charge in [-0.25, -0.2) is 4.39 Å². The van der Waals surface area contributed by atoms with Gasteiger partial charge in [-0.1, -0.05) is 12.5 Å². The summed E-state index contributed by atoms with van der Waals surface area (Å²) in [4.78, 5) is 4.59. The Labute approximate surface area is 119 Å². The van der Waals surface area contributed by atoms with Crippen molar-refractivity contribution in [3.05, 3.63) is 35.1 Å². The molecule has 2 aliphatic heterocycles. The van der Waals surface area contributed by atoms with E-state index in [1.807, 2.05) is 6.07 Å². The maximum atomic E-state index is 13.3. The van der Waals surface area contributed by atoms with E-state index in [0.29, 0.717) is 11.9 Å². The van der Waals surface area contributed by atoms with Crippen molar-refractivity contribution in [3.8, 4) is 0 Å². The van der Waals surface area contributed by atoms with Crippen molar-refractivity contribution >= 4 is 5.84 Å². The number of hydrogen-bond donors (Lipinski definition) is 1. The predicted octanol–water partition coefficient (Wildman–Crippen LogP) is 2.84. The molecular weight excluding hydrogens is 253 g/mol. The Hall–Kier alpha value is -1.42. The average Bonchev–Trinajstić information content (AvgIpc) is 2.77. The Bertz CT molecular complexity index is 508. The minimum Gasteiger partial charge on any atom is -0.348 e. The van der Waals surface area contributed by atoms with Crippen LogP contribution < -0.4 is 0 Å². The van der Waals surface area contributed by atoms with Crippen molar-refractivity contribution in [2.24, 2.45) is 0 Å². The van der Waals surface area contributed by atoms with E-state index in [1.165, 1.54) is 44.5 Å². The van der Waals surface area contributed by atoms with Crippen molar-refractivity contribution in [2.45, 2.75) is 38.8 Å². The number of piperidine rings is 1. The molecule has 0 aliphatic carbocycles. The van der Waals surface area contributed by atoms with Crippen LogP contribution in [0, 0.1) is 11.2 Å². The van der Waals surface area contributed by atoms with Crippen molar-refractivity contribution in [1.82, 2.24) is 9.80 Å². The van der Waals surface area contributed by atoms with E-state index in [2.05, 4.69) is 16.7 Å². The number of nitrogens with zero attached hydrogens (tertiary/aromatic N) is 2. The summed E-state index contributed by atoms with van der Waals surface area (Å²) in [7, 11) is 0. The topological polar surface area (TPSA) is 30.3 Å². The number of halogens is 1. The van der Waals surface area contributed by atoms with Gasteiger partial charge in [0.2, 0.25) is 0 Å². The molecule has 0 bridgehead atoms. The van der Waals surface area contributed by atoms with Gasteiger partial charge >= 0.3 is 0 Å². The van der Waals surface area contributed by atoms with Crippen LogP contribution in [0.15, 0.2) is 18.2 Å². The van der Waals surface area contributed by atoms with Crippen LogP contribution in [0.2, 0.25) is 0 Å². The normalized spacial score (nSPS) is 21.1. The molecule has 108 valence electrons. The minimum absolute atomic E-state index is 0.251. The van der Waals surface area contributed by atoms with Crippen molar-refractivity contribution < 1.29 is 4.39 Å². The van der Waals surface area contributed by atoms with Gasteiger partial charge in [0.25, 0.3) is 0 Å². The molecule has 1 aromatic rings. The highest BCUT2D eigenvalue weighted by atomic mass is 19.1. The molecule has 1 atom stereocenters. The summed E-state index contributed by atoms with van der Waals surface area (Å²) in [5, 5.41) is 8.27. The number of likely N-dealkylation sites (tertiary alicyclic amines) is 1. The molecule has 3 rings (SSSR count). The summed E-state index contributed by atoms with van der Waals surface area (Å²) in [6.07, 6.45) is 3.92. The minimum atomic E-state index is -0.251. The zero-order chi connectivity index (χ0) is 14.1. The number of benzene rings is 1. The van der Waals surface area contributed by atoms with Crippen molar-refractivity contribution in [2.75, 3.05) is 19.6 Å². The molecule has 0 spiro atoms. The first-order valence-electron chi connectivity index (χ1n) is 7.51. The lowest BCUT2D eigenvalue weighted by Crippen LogP contribution is -2.44. The molecule has 0 radical (unpaired) electrons. The molecule has 0 aromatic heterocycles. The molecule has 1 unspecified atom stereocenters. The predicted molar refractivity (Wildman–Crippen MR) is 78.5 cm³/mol. The Morgan fingerprint density at radius 3 is 2.75 bits per heavy atom. The first kappa shape index (κ1) is 13.6. The van der Waals surface area contributed by atoms with Gasteiger partial charge in [-0.2, -0.15) is 0 Å². The summed E-state index contributed by atoms with van der Waals surface area (Å²) in [5.41, 5.74) is 1.83. The van der Waals surface area contributed by atoms with Crippen LogP contribution in [-0.2, 0) is 6.54 Å². The third-order valence-electron chi connectivity index (χ3n) is 4.46. The Kier molecular flexibility index (Phi) is 3.74. The monoisotopic (exact) mass is 275 g/mol. The van der Waals surface area contributed by atoms with Crippen molar-refractivity contribution in [3.63, 3.8) is 0 Å². The quantitative estimate of drug-likeness (QED) is 0.919. The van der Waals surface area contributed by atoms with Crippen LogP contribution in [0.4, 0.5) is 4.39 Å². The molecule has 1 N–H and O–H groups in total. The maximum Gasteiger partial charge on any atom is 0.129 e.